The topological polar surface area (TPSA) is 121 Å². The summed E-state index contributed by atoms with van der Waals surface area (Å²) in [6.45, 7) is 4.40. The first-order valence-electron chi connectivity index (χ1n) is 24.5. The fourth-order valence-corrected chi connectivity index (χ4v) is 8.00. The van der Waals surface area contributed by atoms with Crippen molar-refractivity contribution in [2.45, 2.75) is 238 Å². The molecule has 4 atom stereocenters. The molecule has 1 heterocycles. The van der Waals surface area contributed by atoms with E-state index in [-0.39, 0.29) is 32.0 Å². The van der Waals surface area contributed by atoms with Crippen LogP contribution in [0.4, 0.5) is 0 Å². The van der Waals surface area contributed by atoms with Gasteiger partial charge in [0.1, 0.15) is 19.8 Å². The number of hydrogen-bond donors (Lipinski definition) is 1. The van der Waals surface area contributed by atoms with Gasteiger partial charge in [0.15, 0.2) is 6.10 Å². The number of phosphoric acid groups is 1. The fourth-order valence-electron chi connectivity index (χ4n) is 7.26. The average Bonchev–Trinajstić information content (AvgIpc) is 3.94. The maximum absolute atomic E-state index is 12.7. The molecular formula is C48H93NO9P+. The molecule has 0 aromatic carbocycles. The van der Waals surface area contributed by atoms with Crippen molar-refractivity contribution in [1.82, 2.24) is 0 Å². The summed E-state index contributed by atoms with van der Waals surface area (Å²) in [6.07, 6.45) is 41.4. The number of carbonyl (C=O) groups excluding carboxylic acids is 2. The SMILES string of the molecule is CCCCCCCCCCCCCCCCCCCCCC(=O)OC[C@H](COP(=O)(O)OCC[N+](C)(C)C)OC(=O)CCCCCCC/C=C\CC1OC1CCCCC. The van der Waals surface area contributed by atoms with Crippen LogP contribution in [-0.2, 0) is 37.4 Å². The number of quaternary nitrogens is 1. The number of ether oxygens (including phenoxy) is 3. The molecule has 0 bridgehead atoms. The van der Waals surface area contributed by atoms with E-state index in [0.29, 0.717) is 29.7 Å². The lowest BCUT2D eigenvalue weighted by Crippen LogP contribution is -2.37. The lowest BCUT2D eigenvalue weighted by molar-refractivity contribution is -0.870. The van der Waals surface area contributed by atoms with Crippen LogP contribution in [0, 0.1) is 0 Å². The smallest absolute Gasteiger partial charge is 0.462 e. The highest BCUT2D eigenvalue weighted by Gasteiger charge is 2.36. The molecule has 1 rings (SSSR count). The molecular weight excluding hydrogens is 765 g/mol. The summed E-state index contributed by atoms with van der Waals surface area (Å²) in [7, 11) is 1.47. The number of hydrogen-bond acceptors (Lipinski definition) is 8. The number of carbonyl (C=O) groups is 2. The second kappa shape index (κ2) is 37.3. The predicted molar refractivity (Wildman–Crippen MR) is 242 cm³/mol. The Labute approximate surface area is 362 Å². The molecule has 0 aromatic rings. The minimum Gasteiger partial charge on any atom is -0.462 e. The van der Waals surface area contributed by atoms with Crippen molar-refractivity contribution in [3.63, 3.8) is 0 Å². The predicted octanol–water partition coefficient (Wildman–Crippen LogP) is 13.1. The highest BCUT2D eigenvalue weighted by molar-refractivity contribution is 7.47. The van der Waals surface area contributed by atoms with Gasteiger partial charge in [-0.05, 0) is 38.5 Å². The zero-order chi connectivity index (χ0) is 43.3. The summed E-state index contributed by atoms with van der Waals surface area (Å²) in [6, 6.07) is 0. The van der Waals surface area contributed by atoms with Crippen LogP contribution in [0.5, 0.6) is 0 Å². The maximum atomic E-state index is 12.7. The summed E-state index contributed by atoms with van der Waals surface area (Å²) in [4.78, 5) is 35.5. The van der Waals surface area contributed by atoms with Crippen molar-refractivity contribution in [2.24, 2.45) is 0 Å². The van der Waals surface area contributed by atoms with Gasteiger partial charge in [0.25, 0.3) is 0 Å². The molecule has 0 amide bonds. The fraction of sp³-hybridized carbons (Fsp3) is 0.917. The molecule has 1 N–H and O–H groups in total. The molecule has 3 unspecified atom stereocenters. The van der Waals surface area contributed by atoms with E-state index < -0.39 is 26.5 Å². The third kappa shape index (κ3) is 38.1. The first-order chi connectivity index (χ1) is 28.5. The molecule has 11 heteroatoms. The molecule has 1 saturated heterocycles. The van der Waals surface area contributed by atoms with E-state index in [9.17, 15) is 19.0 Å². The van der Waals surface area contributed by atoms with Gasteiger partial charge in [0.05, 0.1) is 40.0 Å². The average molecular weight is 859 g/mol. The van der Waals surface area contributed by atoms with Crippen LogP contribution >= 0.6 is 7.82 Å². The van der Waals surface area contributed by atoms with Crippen LogP contribution in [0.3, 0.4) is 0 Å². The summed E-state index contributed by atoms with van der Waals surface area (Å²) in [5, 5.41) is 0. The van der Waals surface area contributed by atoms with Crippen molar-refractivity contribution in [3.05, 3.63) is 12.2 Å². The van der Waals surface area contributed by atoms with Crippen molar-refractivity contribution in [3.8, 4) is 0 Å². The Hall–Kier alpha value is -1.29. The van der Waals surface area contributed by atoms with Gasteiger partial charge in [-0.15, -0.1) is 0 Å². The van der Waals surface area contributed by atoms with E-state index in [1.807, 2.05) is 21.1 Å². The Morgan fingerprint density at radius 2 is 1.08 bits per heavy atom. The monoisotopic (exact) mass is 859 g/mol. The molecule has 0 spiro atoms. The highest BCUT2D eigenvalue weighted by Crippen LogP contribution is 2.43. The number of esters is 2. The first-order valence-corrected chi connectivity index (χ1v) is 26.0. The summed E-state index contributed by atoms with van der Waals surface area (Å²) in [5.74, 6) is -0.808. The van der Waals surface area contributed by atoms with Gasteiger partial charge in [-0.1, -0.05) is 180 Å². The largest absolute Gasteiger partial charge is 0.472 e. The number of nitrogens with zero attached hydrogens (tertiary/aromatic N) is 1. The highest BCUT2D eigenvalue weighted by atomic mass is 31.2. The van der Waals surface area contributed by atoms with Crippen LogP contribution in [0.1, 0.15) is 219 Å². The number of epoxide rings is 1. The van der Waals surface area contributed by atoms with E-state index in [1.165, 1.54) is 128 Å². The Morgan fingerprint density at radius 1 is 0.610 bits per heavy atom. The Kier molecular flexibility index (Phi) is 35.2. The molecule has 10 nitrogen and oxygen atoms in total. The molecule has 0 saturated carbocycles. The van der Waals surface area contributed by atoms with Crippen molar-refractivity contribution in [1.29, 1.82) is 0 Å². The van der Waals surface area contributed by atoms with Crippen LogP contribution < -0.4 is 0 Å². The van der Waals surface area contributed by atoms with Crippen LogP contribution in [0.25, 0.3) is 0 Å². The normalized spacial score (nSPS) is 17.0. The number of unbranched alkanes of at least 4 members (excludes halogenated alkanes) is 25. The quantitative estimate of drug-likeness (QED) is 0.0159. The second-order valence-electron chi connectivity index (χ2n) is 18.2. The first kappa shape index (κ1) is 55.7. The van der Waals surface area contributed by atoms with E-state index in [4.69, 9.17) is 23.3 Å². The second-order valence-corrected chi connectivity index (χ2v) is 19.7. The van der Waals surface area contributed by atoms with Gasteiger partial charge in [0, 0.05) is 12.8 Å². The summed E-state index contributed by atoms with van der Waals surface area (Å²) in [5.41, 5.74) is 0. The third-order valence-corrected chi connectivity index (χ3v) is 12.2. The molecule has 0 aliphatic carbocycles. The van der Waals surface area contributed by atoms with Crippen LogP contribution in [0.2, 0.25) is 0 Å². The van der Waals surface area contributed by atoms with E-state index >= 15 is 0 Å². The number of rotatable bonds is 44. The van der Waals surface area contributed by atoms with Crippen molar-refractivity contribution < 1.29 is 46.8 Å². The molecule has 0 radical (unpaired) electrons. The minimum absolute atomic E-state index is 0.0293. The standard InChI is InChI=1S/C48H92NO9P/c1-6-8-10-11-12-13-14-15-16-17-18-19-20-21-22-23-27-30-34-38-47(50)54-42-44(43-56-59(52,53)55-41-40-49(3,4)5)57-48(51)39-35-31-28-25-24-26-29-33-37-46-45(58-46)36-32-9-7-2/h29,33,44-46H,6-28,30-32,34-43H2,1-5H3/p+1/b33-29-/t44-,45?,46?/m1/s1. The van der Waals surface area contributed by atoms with Crippen LogP contribution in [-0.4, -0.2) is 87.1 Å². The van der Waals surface area contributed by atoms with Gasteiger partial charge in [0.2, 0.25) is 0 Å². The van der Waals surface area contributed by atoms with Crippen LogP contribution in [0.15, 0.2) is 12.2 Å². The molecule has 348 valence electrons. The Bertz CT molecular complexity index is 1080. The number of phosphoric ester groups is 1. The van der Waals surface area contributed by atoms with E-state index in [2.05, 4.69) is 26.0 Å². The van der Waals surface area contributed by atoms with Crippen molar-refractivity contribution in [2.75, 3.05) is 47.5 Å². The number of allylic oxidation sites excluding steroid dienone is 1. The third-order valence-electron chi connectivity index (χ3n) is 11.2. The van der Waals surface area contributed by atoms with Gasteiger partial charge in [-0.25, -0.2) is 4.57 Å². The molecule has 1 fully saturated rings. The lowest BCUT2D eigenvalue weighted by Gasteiger charge is -2.24. The Balaban J connectivity index is 2.21. The molecule has 0 aromatic heterocycles. The molecule has 59 heavy (non-hydrogen) atoms. The summed E-state index contributed by atoms with van der Waals surface area (Å²) < 4.78 is 40.2. The number of likely N-dealkylation sites (N-methyl/N-ethyl adjacent to an activating group) is 1. The zero-order valence-corrected chi connectivity index (χ0v) is 39.8. The lowest BCUT2D eigenvalue weighted by atomic mass is 10.0. The Morgan fingerprint density at radius 3 is 1.61 bits per heavy atom. The molecule has 1 aliphatic heterocycles. The molecule has 1 aliphatic rings. The van der Waals surface area contributed by atoms with E-state index in [0.717, 1.165) is 57.8 Å². The zero-order valence-electron chi connectivity index (χ0n) is 39.0. The van der Waals surface area contributed by atoms with E-state index in [1.54, 1.807) is 0 Å². The van der Waals surface area contributed by atoms with Gasteiger partial charge < -0.3 is 23.6 Å². The van der Waals surface area contributed by atoms with Gasteiger partial charge in [-0.3, -0.25) is 18.6 Å². The van der Waals surface area contributed by atoms with Gasteiger partial charge >= 0.3 is 19.8 Å². The summed E-state index contributed by atoms with van der Waals surface area (Å²) >= 11 is 0. The maximum Gasteiger partial charge on any atom is 0.472 e. The minimum atomic E-state index is -4.38. The van der Waals surface area contributed by atoms with Gasteiger partial charge in [-0.2, -0.15) is 0 Å². The van der Waals surface area contributed by atoms with Crippen molar-refractivity contribution >= 4 is 19.8 Å².